The Morgan fingerprint density at radius 1 is 1.19 bits per heavy atom. The molecule has 0 aromatic heterocycles. The van der Waals surface area contributed by atoms with Crippen molar-refractivity contribution in [3.05, 3.63) is 34.6 Å². The smallest absolute Gasteiger partial charge is 0.226 e. The van der Waals surface area contributed by atoms with Crippen LogP contribution < -0.4 is 0 Å². The zero-order valence-corrected chi connectivity index (χ0v) is 12.9. The van der Waals surface area contributed by atoms with E-state index in [0.29, 0.717) is 17.5 Å². The topological polar surface area (TPSA) is 20.3 Å². The Labute approximate surface area is 130 Å². The summed E-state index contributed by atoms with van der Waals surface area (Å²) < 4.78 is 13.1. The van der Waals surface area contributed by atoms with E-state index in [-0.39, 0.29) is 17.6 Å². The summed E-state index contributed by atoms with van der Waals surface area (Å²) in [5, 5.41) is 0.430. The molecule has 2 fully saturated rings. The molecule has 4 heteroatoms. The van der Waals surface area contributed by atoms with Gasteiger partial charge in [0.05, 0.1) is 0 Å². The maximum absolute atomic E-state index is 13.1. The molecule has 114 valence electrons. The Hall–Kier alpha value is -1.09. The van der Waals surface area contributed by atoms with Crippen molar-refractivity contribution in [3.63, 3.8) is 0 Å². The second kappa shape index (κ2) is 6.35. The maximum Gasteiger partial charge on any atom is 0.226 e. The highest BCUT2D eigenvalue weighted by Crippen LogP contribution is 2.31. The first-order valence-electron chi connectivity index (χ1n) is 7.89. The number of likely N-dealkylation sites (tertiary alicyclic amines) is 1. The number of nitrogens with zero attached hydrogens (tertiary/aromatic N) is 1. The van der Waals surface area contributed by atoms with Crippen LogP contribution in [0.1, 0.15) is 44.1 Å². The SMILES string of the molecule is O=C1C(Cc2ccc(F)cc2Cl)CCN1C1CCCCC1. The quantitative estimate of drug-likeness (QED) is 0.819. The Bertz CT molecular complexity index is 528. The molecule has 0 bridgehead atoms. The van der Waals surface area contributed by atoms with E-state index in [2.05, 4.69) is 4.90 Å². The number of halogens is 2. The van der Waals surface area contributed by atoms with Gasteiger partial charge in [0.2, 0.25) is 5.91 Å². The highest BCUT2D eigenvalue weighted by molar-refractivity contribution is 6.31. The van der Waals surface area contributed by atoms with E-state index in [1.54, 1.807) is 6.07 Å². The fraction of sp³-hybridized carbons (Fsp3) is 0.588. The number of carbonyl (C=O) groups excluding carboxylic acids is 1. The van der Waals surface area contributed by atoms with Gasteiger partial charge in [-0.1, -0.05) is 36.9 Å². The molecule has 3 rings (SSSR count). The average molecular weight is 310 g/mol. The number of hydrogen-bond acceptors (Lipinski definition) is 1. The van der Waals surface area contributed by atoms with Crippen molar-refractivity contribution in [2.45, 2.75) is 51.0 Å². The molecule has 1 aromatic carbocycles. The zero-order valence-electron chi connectivity index (χ0n) is 12.2. The van der Waals surface area contributed by atoms with E-state index >= 15 is 0 Å². The summed E-state index contributed by atoms with van der Waals surface area (Å²) in [6.45, 7) is 0.868. The largest absolute Gasteiger partial charge is 0.339 e. The lowest BCUT2D eigenvalue weighted by Crippen LogP contribution is -2.39. The van der Waals surface area contributed by atoms with E-state index in [1.165, 1.54) is 31.4 Å². The van der Waals surface area contributed by atoms with Crippen LogP contribution in [0.5, 0.6) is 0 Å². The third kappa shape index (κ3) is 3.23. The van der Waals surface area contributed by atoms with Gasteiger partial charge in [-0.05, 0) is 43.4 Å². The summed E-state index contributed by atoms with van der Waals surface area (Å²) in [5.41, 5.74) is 0.877. The van der Waals surface area contributed by atoms with Gasteiger partial charge in [0.15, 0.2) is 0 Å². The molecule has 1 unspecified atom stereocenters. The van der Waals surface area contributed by atoms with Gasteiger partial charge in [-0.15, -0.1) is 0 Å². The normalized spacial score (nSPS) is 23.8. The van der Waals surface area contributed by atoms with Crippen molar-refractivity contribution in [1.29, 1.82) is 0 Å². The van der Waals surface area contributed by atoms with E-state index in [9.17, 15) is 9.18 Å². The third-order valence-corrected chi connectivity index (χ3v) is 5.20. The summed E-state index contributed by atoms with van der Waals surface area (Å²) >= 11 is 6.08. The van der Waals surface area contributed by atoms with Crippen LogP contribution in [0.4, 0.5) is 4.39 Å². The Balaban J connectivity index is 1.66. The van der Waals surface area contributed by atoms with Crippen molar-refractivity contribution < 1.29 is 9.18 Å². The first kappa shape index (κ1) is 14.8. The molecule has 0 radical (unpaired) electrons. The molecule has 1 heterocycles. The van der Waals surface area contributed by atoms with Gasteiger partial charge in [0, 0.05) is 23.5 Å². The first-order chi connectivity index (χ1) is 10.1. The van der Waals surface area contributed by atoms with Gasteiger partial charge in [-0.25, -0.2) is 4.39 Å². The van der Waals surface area contributed by atoms with Crippen LogP contribution in [0, 0.1) is 11.7 Å². The number of carbonyl (C=O) groups is 1. The minimum absolute atomic E-state index is 0.00916. The Kier molecular flexibility index (Phi) is 4.48. The fourth-order valence-electron chi connectivity index (χ4n) is 3.66. The average Bonchev–Trinajstić information content (AvgIpc) is 2.84. The minimum atomic E-state index is -0.328. The van der Waals surface area contributed by atoms with Crippen LogP contribution >= 0.6 is 11.6 Å². The van der Waals surface area contributed by atoms with Gasteiger partial charge >= 0.3 is 0 Å². The number of amides is 1. The number of hydrogen-bond donors (Lipinski definition) is 0. The second-order valence-electron chi connectivity index (χ2n) is 6.25. The molecule has 1 saturated heterocycles. The summed E-state index contributed by atoms with van der Waals surface area (Å²) in [7, 11) is 0. The van der Waals surface area contributed by atoms with Crippen LogP contribution in [0.2, 0.25) is 5.02 Å². The van der Waals surface area contributed by atoms with E-state index < -0.39 is 0 Å². The third-order valence-electron chi connectivity index (χ3n) is 4.85. The molecule has 1 aliphatic carbocycles. The second-order valence-corrected chi connectivity index (χ2v) is 6.66. The van der Waals surface area contributed by atoms with Crippen LogP contribution in [0.25, 0.3) is 0 Å². The van der Waals surface area contributed by atoms with Crippen molar-refractivity contribution in [1.82, 2.24) is 4.90 Å². The molecule has 1 aromatic rings. The molecule has 1 saturated carbocycles. The monoisotopic (exact) mass is 309 g/mol. The molecule has 1 atom stereocenters. The zero-order chi connectivity index (χ0) is 14.8. The van der Waals surface area contributed by atoms with Crippen molar-refractivity contribution in [2.75, 3.05) is 6.54 Å². The van der Waals surface area contributed by atoms with Gasteiger partial charge in [-0.2, -0.15) is 0 Å². The maximum atomic E-state index is 13.1. The highest BCUT2D eigenvalue weighted by atomic mass is 35.5. The van der Waals surface area contributed by atoms with Gasteiger partial charge in [0.25, 0.3) is 0 Å². The lowest BCUT2D eigenvalue weighted by Gasteiger charge is -2.31. The first-order valence-corrected chi connectivity index (χ1v) is 8.27. The number of benzene rings is 1. The van der Waals surface area contributed by atoms with Crippen LogP contribution in [0.15, 0.2) is 18.2 Å². The summed E-state index contributed by atoms with van der Waals surface area (Å²) in [6.07, 6.45) is 7.59. The molecular formula is C17H21ClFNO. The van der Waals surface area contributed by atoms with Gasteiger partial charge in [-0.3, -0.25) is 4.79 Å². The molecule has 1 amide bonds. The molecule has 21 heavy (non-hydrogen) atoms. The van der Waals surface area contributed by atoms with E-state index in [4.69, 9.17) is 11.6 Å². The summed E-state index contributed by atoms with van der Waals surface area (Å²) in [4.78, 5) is 14.7. The van der Waals surface area contributed by atoms with Crippen molar-refractivity contribution in [3.8, 4) is 0 Å². The Morgan fingerprint density at radius 2 is 1.95 bits per heavy atom. The lowest BCUT2D eigenvalue weighted by atomic mass is 9.94. The molecular weight excluding hydrogens is 289 g/mol. The predicted molar refractivity (Wildman–Crippen MR) is 81.8 cm³/mol. The Morgan fingerprint density at radius 3 is 2.67 bits per heavy atom. The molecule has 1 aliphatic heterocycles. The van der Waals surface area contributed by atoms with Crippen molar-refractivity contribution in [2.24, 2.45) is 5.92 Å². The minimum Gasteiger partial charge on any atom is -0.339 e. The number of rotatable bonds is 3. The molecule has 0 N–H and O–H groups in total. The lowest BCUT2D eigenvalue weighted by molar-refractivity contribution is -0.133. The van der Waals surface area contributed by atoms with Gasteiger partial charge in [0.1, 0.15) is 5.82 Å². The summed E-state index contributed by atoms with van der Waals surface area (Å²) in [6, 6.07) is 4.89. The molecule has 0 spiro atoms. The van der Waals surface area contributed by atoms with Gasteiger partial charge < -0.3 is 4.90 Å². The van der Waals surface area contributed by atoms with Crippen molar-refractivity contribution >= 4 is 17.5 Å². The van der Waals surface area contributed by atoms with E-state index in [0.717, 1.165) is 31.4 Å². The van der Waals surface area contributed by atoms with Crippen LogP contribution in [-0.2, 0) is 11.2 Å². The van der Waals surface area contributed by atoms with Crippen LogP contribution in [-0.4, -0.2) is 23.4 Å². The van der Waals surface area contributed by atoms with E-state index in [1.807, 2.05) is 0 Å². The highest BCUT2D eigenvalue weighted by Gasteiger charge is 2.36. The molecule has 2 nitrogen and oxygen atoms in total. The predicted octanol–water partition coefficient (Wildman–Crippen LogP) is 4.20. The standard InChI is InChI=1S/C17H21ClFNO/c18-16-11-14(19)7-6-12(16)10-13-8-9-20(17(13)21)15-4-2-1-3-5-15/h6-7,11,13,15H,1-5,8-10H2. The fourth-order valence-corrected chi connectivity index (χ4v) is 3.90. The van der Waals surface area contributed by atoms with Crippen LogP contribution in [0.3, 0.4) is 0 Å². The molecule has 2 aliphatic rings. The summed E-state index contributed by atoms with van der Waals surface area (Å²) in [5.74, 6) is -0.0532.